The number of halogens is 2. The third-order valence-electron chi connectivity index (χ3n) is 3.62. The molecule has 0 saturated carbocycles. The lowest BCUT2D eigenvalue weighted by Crippen LogP contribution is -2.65. The highest BCUT2D eigenvalue weighted by molar-refractivity contribution is 9.10. The highest BCUT2D eigenvalue weighted by Gasteiger charge is 2.43. The van der Waals surface area contributed by atoms with Crippen LogP contribution < -0.4 is 10.2 Å². The molecule has 1 N–H and O–H groups in total. The van der Waals surface area contributed by atoms with Gasteiger partial charge in [-0.25, -0.2) is 4.39 Å². The molecule has 1 aliphatic rings. The molecule has 6 heteroatoms. The van der Waals surface area contributed by atoms with E-state index in [4.69, 9.17) is 0 Å². The summed E-state index contributed by atoms with van der Waals surface area (Å²) < 4.78 is 14.7. The third-order valence-corrected chi connectivity index (χ3v) is 4.26. The first-order valence-electron chi connectivity index (χ1n) is 6.96. The van der Waals surface area contributed by atoms with Crippen LogP contribution >= 0.6 is 15.9 Å². The molecule has 0 aliphatic carbocycles. The van der Waals surface area contributed by atoms with E-state index >= 15 is 0 Å². The number of benzene rings is 1. The summed E-state index contributed by atoms with van der Waals surface area (Å²) in [6.07, 6.45) is 0.470. The minimum atomic E-state index is -0.714. The first-order valence-corrected chi connectivity index (χ1v) is 7.75. The van der Waals surface area contributed by atoms with Crippen LogP contribution in [0.25, 0.3) is 0 Å². The Labute approximate surface area is 131 Å². The zero-order valence-electron chi connectivity index (χ0n) is 12.2. The Morgan fingerprint density at radius 1 is 1.38 bits per heavy atom. The summed E-state index contributed by atoms with van der Waals surface area (Å²) in [5, 5.41) is 2.72. The van der Waals surface area contributed by atoms with Crippen molar-refractivity contribution in [2.45, 2.75) is 39.3 Å². The lowest BCUT2D eigenvalue weighted by Gasteiger charge is -2.41. The monoisotopic (exact) mass is 356 g/mol. The van der Waals surface area contributed by atoms with Crippen molar-refractivity contribution in [3.63, 3.8) is 0 Å². The van der Waals surface area contributed by atoms with Gasteiger partial charge in [0.15, 0.2) is 0 Å². The molecule has 1 aliphatic heterocycles. The Morgan fingerprint density at radius 2 is 2.05 bits per heavy atom. The smallest absolute Gasteiger partial charge is 0.250 e. The zero-order chi connectivity index (χ0) is 15.7. The average molecular weight is 357 g/mol. The summed E-state index contributed by atoms with van der Waals surface area (Å²) in [6, 6.07) is 3.18. The van der Waals surface area contributed by atoms with Crippen LogP contribution in [0.15, 0.2) is 22.7 Å². The van der Waals surface area contributed by atoms with Gasteiger partial charge in [0.25, 0.3) is 0 Å². The number of hydrogen-bond acceptors (Lipinski definition) is 2. The van der Waals surface area contributed by atoms with Crippen LogP contribution in [0.5, 0.6) is 0 Å². The van der Waals surface area contributed by atoms with Gasteiger partial charge in [-0.2, -0.15) is 0 Å². The van der Waals surface area contributed by atoms with Crippen molar-refractivity contribution >= 4 is 33.4 Å². The van der Waals surface area contributed by atoms with Gasteiger partial charge in [-0.3, -0.25) is 14.5 Å². The summed E-state index contributed by atoms with van der Waals surface area (Å²) in [7, 11) is 0. The van der Waals surface area contributed by atoms with Crippen molar-refractivity contribution in [2.24, 2.45) is 5.92 Å². The summed E-state index contributed by atoms with van der Waals surface area (Å²) in [5.74, 6) is -1.17. The lowest BCUT2D eigenvalue weighted by atomic mass is 9.95. The number of anilines is 1. The Balaban J connectivity index is 2.58. The SMILES string of the molecule is CCC1NC(=O)C(C(C)C)N(c2c(F)cccc2Br)C1=O. The molecule has 2 atom stereocenters. The van der Waals surface area contributed by atoms with Crippen LogP contribution in [0.1, 0.15) is 27.2 Å². The van der Waals surface area contributed by atoms with Gasteiger partial charge < -0.3 is 5.32 Å². The van der Waals surface area contributed by atoms with E-state index in [0.717, 1.165) is 0 Å². The van der Waals surface area contributed by atoms with Crippen molar-refractivity contribution in [3.8, 4) is 0 Å². The standard InChI is InChI=1S/C15H18BrFN2O2/c1-4-11-15(21)19(12(8(2)3)14(20)18-11)13-9(16)6-5-7-10(13)17/h5-8,11-12H,4H2,1-3H3,(H,18,20). The van der Waals surface area contributed by atoms with Crippen molar-refractivity contribution in [2.75, 3.05) is 4.90 Å². The third kappa shape index (κ3) is 2.81. The highest BCUT2D eigenvalue weighted by atomic mass is 79.9. The van der Waals surface area contributed by atoms with E-state index in [1.165, 1.54) is 11.0 Å². The van der Waals surface area contributed by atoms with Gasteiger partial charge in [-0.05, 0) is 40.4 Å². The van der Waals surface area contributed by atoms with Crippen molar-refractivity contribution in [1.82, 2.24) is 5.32 Å². The van der Waals surface area contributed by atoms with Crippen LogP contribution in [0.2, 0.25) is 0 Å². The zero-order valence-corrected chi connectivity index (χ0v) is 13.8. The molecular weight excluding hydrogens is 339 g/mol. The number of nitrogens with one attached hydrogen (secondary N) is 1. The number of piperazine rings is 1. The quantitative estimate of drug-likeness (QED) is 0.905. The molecule has 2 amide bonds. The first kappa shape index (κ1) is 15.9. The second-order valence-electron chi connectivity index (χ2n) is 5.44. The van der Waals surface area contributed by atoms with Gasteiger partial charge >= 0.3 is 0 Å². The van der Waals surface area contributed by atoms with Crippen LogP contribution in [-0.4, -0.2) is 23.9 Å². The fourth-order valence-electron chi connectivity index (χ4n) is 2.59. The van der Waals surface area contributed by atoms with Gasteiger partial charge in [0, 0.05) is 4.47 Å². The van der Waals surface area contributed by atoms with E-state index in [2.05, 4.69) is 21.2 Å². The molecule has 4 nitrogen and oxygen atoms in total. The number of nitrogens with zero attached hydrogens (tertiary/aromatic N) is 1. The molecule has 2 unspecified atom stereocenters. The predicted octanol–water partition coefficient (Wildman–Crippen LogP) is 2.85. The molecule has 0 spiro atoms. The largest absolute Gasteiger partial charge is 0.342 e. The minimum Gasteiger partial charge on any atom is -0.342 e. The van der Waals surface area contributed by atoms with Crippen LogP contribution in [0, 0.1) is 11.7 Å². The van der Waals surface area contributed by atoms with Crippen molar-refractivity contribution in [3.05, 3.63) is 28.5 Å². The van der Waals surface area contributed by atoms with E-state index in [-0.39, 0.29) is 23.4 Å². The van der Waals surface area contributed by atoms with Crippen molar-refractivity contribution < 1.29 is 14.0 Å². The molecule has 1 fully saturated rings. The second-order valence-corrected chi connectivity index (χ2v) is 6.29. The van der Waals surface area contributed by atoms with Gasteiger partial charge in [-0.15, -0.1) is 0 Å². The second kappa shape index (κ2) is 6.13. The topological polar surface area (TPSA) is 49.4 Å². The Kier molecular flexibility index (Phi) is 4.66. The lowest BCUT2D eigenvalue weighted by molar-refractivity contribution is -0.134. The fourth-order valence-corrected chi connectivity index (χ4v) is 3.12. The van der Waals surface area contributed by atoms with E-state index < -0.39 is 17.9 Å². The van der Waals surface area contributed by atoms with Gasteiger partial charge in [0.1, 0.15) is 17.9 Å². The summed E-state index contributed by atoms with van der Waals surface area (Å²) in [6.45, 7) is 5.49. The van der Waals surface area contributed by atoms with Crippen LogP contribution in [0.4, 0.5) is 10.1 Å². The first-order chi connectivity index (χ1) is 9.88. The normalized spacial score (nSPS) is 22.7. The molecule has 1 heterocycles. The minimum absolute atomic E-state index is 0.127. The fraction of sp³-hybridized carbons (Fsp3) is 0.467. The Bertz CT molecular complexity index is 557. The van der Waals surface area contributed by atoms with Crippen LogP contribution in [-0.2, 0) is 9.59 Å². The number of amides is 2. The summed E-state index contributed by atoms with van der Waals surface area (Å²) in [4.78, 5) is 26.3. The molecule has 0 bridgehead atoms. The molecule has 21 heavy (non-hydrogen) atoms. The van der Waals surface area contributed by atoms with E-state index in [0.29, 0.717) is 10.9 Å². The molecule has 1 aromatic carbocycles. The van der Waals surface area contributed by atoms with E-state index in [9.17, 15) is 14.0 Å². The molecule has 1 saturated heterocycles. The number of carbonyl (C=O) groups is 2. The highest BCUT2D eigenvalue weighted by Crippen LogP contribution is 2.34. The average Bonchev–Trinajstić information content (AvgIpc) is 2.41. The van der Waals surface area contributed by atoms with Gasteiger partial charge in [0.05, 0.1) is 5.69 Å². The molecular formula is C15H18BrFN2O2. The maximum atomic E-state index is 14.2. The molecule has 0 radical (unpaired) electrons. The number of hydrogen-bond donors (Lipinski definition) is 1. The Hall–Kier alpha value is -1.43. The molecule has 1 aromatic rings. The van der Waals surface area contributed by atoms with Gasteiger partial charge in [0.2, 0.25) is 11.8 Å². The molecule has 0 aromatic heterocycles. The number of carbonyl (C=O) groups excluding carboxylic acids is 2. The maximum Gasteiger partial charge on any atom is 0.250 e. The maximum absolute atomic E-state index is 14.2. The number of rotatable bonds is 3. The number of para-hydroxylation sites is 1. The van der Waals surface area contributed by atoms with Crippen molar-refractivity contribution in [1.29, 1.82) is 0 Å². The predicted molar refractivity (Wildman–Crippen MR) is 82.4 cm³/mol. The Morgan fingerprint density at radius 3 is 2.57 bits per heavy atom. The molecule has 114 valence electrons. The molecule has 2 rings (SSSR count). The van der Waals surface area contributed by atoms with E-state index in [1.54, 1.807) is 12.1 Å². The van der Waals surface area contributed by atoms with E-state index in [1.807, 2.05) is 20.8 Å². The van der Waals surface area contributed by atoms with Gasteiger partial charge in [-0.1, -0.05) is 26.8 Å². The van der Waals surface area contributed by atoms with Crippen LogP contribution in [0.3, 0.4) is 0 Å². The summed E-state index contributed by atoms with van der Waals surface area (Å²) >= 11 is 3.28. The summed E-state index contributed by atoms with van der Waals surface area (Å²) in [5.41, 5.74) is 0.134.